The van der Waals surface area contributed by atoms with Gasteiger partial charge < -0.3 is 10.6 Å². The molecule has 0 aliphatic carbocycles. The number of hydrogen-bond acceptors (Lipinski definition) is 6. The fraction of sp³-hybridized carbons (Fsp3) is 0.318. The minimum atomic E-state index is -0.554. The molecule has 160 valence electrons. The molecular formula is C22H22FN5O2S. The molecule has 31 heavy (non-hydrogen) atoms. The van der Waals surface area contributed by atoms with Gasteiger partial charge in [-0.15, -0.1) is 11.3 Å². The van der Waals surface area contributed by atoms with Crippen molar-refractivity contribution >= 4 is 23.2 Å². The van der Waals surface area contributed by atoms with E-state index < -0.39 is 5.91 Å². The van der Waals surface area contributed by atoms with Crippen LogP contribution in [0.25, 0.3) is 10.6 Å². The van der Waals surface area contributed by atoms with E-state index in [1.807, 2.05) is 11.8 Å². The van der Waals surface area contributed by atoms with Crippen molar-refractivity contribution < 1.29 is 14.0 Å². The molecule has 1 aliphatic rings. The number of likely N-dealkylation sites (tertiary alicyclic amines) is 1. The van der Waals surface area contributed by atoms with E-state index in [9.17, 15) is 14.0 Å². The van der Waals surface area contributed by atoms with Crippen molar-refractivity contribution in [2.45, 2.75) is 32.6 Å². The summed E-state index contributed by atoms with van der Waals surface area (Å²) in [5.41, 5.74) is 7.63. The number of thiazole rings is 1. The lowest BCUT2D eigenvalue weighted by Gasteiger charge is -2.32. The van der Waals surface area contributed by atoms with Crippen LogP contribution in [0.4, 0.5) is 4.39 Å². The zero-order valence-corrected chi connectivity index (χ0v) is 18.1. The molecule has 1 atom stereocenters. The Bertz CT molecular complexity index is 1150. The van der Waals surface area contributed by atoms with Crippen molar-refractivity contribution in [3.63, 3.8) is 0 Å². The lowest BCUT2D eigenvalue weighted by Crippen LogP contribution is -2.39. The van der Waals surface area contributed by atoms with Crippen LogP contribution in [-0.2, 0) is 0 Å². The number of halogens is 1. The molecule has 7 nitrogen and oxygen atoms in total. The van der Waals surface area contributed by atoms with Gasteiger partial charge in [-0.2, -0.15) is 0 Å². The molecule has 2 N–H and O–H groups in total. The molecule has 0 radical (unpaired) electrons. The second-order valence-electron chi connectivity index (χ2n) is 7.62. The number of nitrogens with zero attached hydrogens (tertiary/aromatic N) is 4. The van der Waals surface area contributed by atoms with Crippen LogP contribution in [0, 0.1) is 19.7 Å². The van der Waals surface area contributed by atoms with Gasteiger partial charge in [-0.25, -0.2) is 19.3 Å². The molecule has 2 amide bonds. The SMILES string of the molecule is Cc1nc([C@H]2CCCN(C(=O)c3sc(-c4ccc(F)cc4)nc3C)C2)ncc1C(N)=O. The zero-order chi connectivity index (χ0) is 22.1. The standard InChI is InChI=1S/C22H22FN5O2S/c1-12-17(19(24)29)10-25-20(26-12)15-4-3-9-28(11-15)22(30)18-13(2)27-21(31-18)14-5-7-16(23)8-6-14/h5-8,10,15H,3-4,9,11H2,1-2H3,(H2,24,29)/t15-/m0/s1. The number of carbonyl (C=O) groups excluding carboxylic acids is 2. The molecule has 0 bridgehead atoms. The van der Waals surface area contributed by atoms with E-state index in [2.05, 4.69) is 15.0 Å². The Kier molecular flexibility index (Phi) is 5.77. The van der Waals surface area contributed by atoms with Gasteiger partial charge in [-0.1, -0.05) is 0 Å². The van der Waals surface area contributed by atoms with E-state index >= 15 is 0 Å². The van der Waals surface area contributed by atoms with Gasteiger partial charge in [0, 0.05) is 30.8 Å². The molecule has 1 aliphatic heterocycles. The third-order valence-corrected chi connectivity index (χ3v) is 6.61. The van der Waals surface area contributed by atoms with Crippen molar-refractivity contribution in [2.24, 2.45) is 5.73 Å². The highest BCUT2D eigenvalue weighted by Crippen LogP contribution is 2.31. The number of piperidine rings is 1. The van der Waals surface area contributed by atoms with E-state index in [0.717, 1.165) is 18.4 Å². The molecule has 2 aromatic heterocycles. The lowest BCUT2D eigenvalue weighted by atomic mass is 9.96. The summed E-state index contributed by atoms with van der Waals surface area (Å²) in [6, 6.07) is 6.09. The first-order valence-electron chi connectivity index (χ1n) is 9.99. The highest BCUT2D eigenvalue weighted by Gasteiger charge is 2.29. The van der Waals surface area contributed by atoms with E-state index in [0.29, 0.717) is 45.7 Å². The van der Waals surface area contributed by atoms with Crippen molar-refractivity contribution in [3.05, 3.63) is 63.9 Å². The molecule has 1 fully saturated rings. The summed E-state index contributed by atoms with van der Waals surface area (Å²) < 4.78 is 13.2. The van der Waals surface area contributed by atoms with E-state index in [4.69, 9.17) is 5.73 Å². The summed E-state index contributed by atoms with van der Waals surface area (Å²) in [4.78, 5) is 40.4. The molecule has 0 unspecified atom stereocenters. The van der Waals surface area contributed by atoms with Crippen LogP contribution < -0.4 is 5.73 Å². The Labute approximate surface area is 183 Å². The molecule has 3 aromatic rings. The minimum Gasteiger partial charge on any atom is -0.365 e. The first kappa shape index (κ1) is 21.0. The Morgan fingerprint density at radius 1 is 1.16 bits per heavy atom. The van der Waals surface area contributed by atoms with Gasteiger partial charge in [-0.3, -0.25) is 9.59 Å². The van der Waals surface area contributed by atoms with Crippen LogP contribution >= 0.6 is 11.3 Å². The first-order chi connectivity index (χ1) is 14.8. The van der Waals surface area contributed by atoms with Gasteiger partial charge in [0.05, 0.1) is 17.0 Å². The average Bonchev–Trinajstić information content (AvgIpc) is 3.15. The first-order valence-corrected chi connectivity index (χ1v) is 10.8. The maximum absolute atomic E-state index is 13.2. The number of hydrogen-bond donors (Lipinski definition) is 1. The molecular weight excluding hydrogens is 417 g/mol. The highest BCUT2D eigenvalue weighted by atomic mass is 32.1. The maximum atomic E-state index is 13.2. The van der Waals surface area contributed by atoms with Crippen molar-refractivity contribution in [1.29, 1.82) is 0 Å². The Hall–Kier alpha value is -3.20. The van der Waals surface area contributed by atoms with E-state index in [-0.39, 0.29) is 17.6 Å². The molecule has 0 saturated carbocycles. The summed E-state index contributed by atoms with van der Waals surface area (Å²) in [5, 5.41) is 0.690. The Morgan fingerprint density at radius 3 is 2.58 bits per heavy atom. The average molecular weight is 440 g/mol. The summed E-state index contributed by atoms with van der Waals surface area (Å²) in [5.74, 6) is -0.328. The molecule has 0 spiro atoms. The quantitative estimate of drug-likeness (QED) is 0.671. The third-order valence-electron chi connectivity index (χ3n) is 5.42. The van der Waals surface area contributed by atoms with Crippen LogP contribution in [0.5, 0.6) is 0 Å². The van der Waals surface area contributed by atoms with Gasteiger partial charge in [-0.05, 0) is 51.0 Å². The molecule has 9 heteroatoms. The summed E-state index contributed by atoms with van der Waals surface area (Å²) >= 11 is 1.32. The Balaban J connectivity index is 1.54. The number of aromatic nitrogens is 3. The van der Waals surface area contributed by atoms with Crippen LogP contribution in [-0.4, -0.2) is 44.8 Å². The van der Waals surface area contributed by atoms with Crippen LogP contribution in [0.15, 0.2) is 30.5 Å². The predicted octanol–water partition coefficient (Wildman–Crippen LogP) is 3.47. The van der Waals surface area contributed by atoms with Gasteiger partial charge in [0.2, 0.25) is 0 Å². The van der Waals surface area contributed by atoms with E-state index in [1.165, 1.54) is 29.7 Å². The fourth-order valence-corrected chi connectivity index (χ4v) is 4.79. The molecule has 3 heterocycles. The molecule has 4 rings (SSSR count). The van der Waals surface area contributed by atoms with E-state index in [1.54, 1.807) is 19.1 Å². The normalized spacial score (nSPS) is 16.4. The molecule has 1 aromatic carbocycles. The Morgan fingerprint density at radius 2 is 1.90 bits per heavy atom. The smallest absolute Gasteiger partial charge is 0.265 e. The number of amides is 2. The number of primary amides is 1. The number of carbonyl (C=O) groups is 2. The number of nitrogens with two attached hydrogens (primary N) is 1. The number of rotatable bonds is 4. The lowest BCUT2D eigenvalue weighted by molar-refractivity contribution is 0.0708. The van der Waals surface area contributed by atoms with Crippen molar-refractivity contribution in [3.8, 4) is 10.6 Å². The fourth-order valence-electron chi connectivity index (χ4n) is 3.75. The summed E-state index contributed by atoms with van der Waals surface area (Å²) in [6.07, 6.45) is 3.16. The topological polar surface area (TPSA) is 102 Å². The van der Waals surface area contributed by atoms with Gasteiger partial charge in [0.25, 0.3) is 11.8 Å². The number of aryl methyl sites for hydroxylation is 2. The maximum Gasteiger partial charge on any atom is 0.265 e. The summed E-state index contributed by atoms with van der Waals surface area (Å²) in [7, 11) is 0. The van der Waals surface area contributed by atoms with Crippen LogP contribution in [0.2, 0.25) is 0 Å². The van der Waals surface area contributed by atoms with Gasteiger partial charge >= 0.3 is 0 Å². The van der Waals surface area contributed by atoms with Crippen molar-refractivity contribution in [2.75, 3.05) is 13.1 Å². The second-order valence-corrected chi connectivity index (χ2v) is 8.62. The van der Waals surface area contributed by atoms with Crippen molar-refractivity contribution in [1.82, 2.24) is 19.9 Å². The largest absolute Gasteiger partial charge is 0.365 e. The van der Waals surface area contributed by atoms with Gasteiger partial charge in [0.15, 0.2) is 0 Å². The highest BCUT2D eigenvalue weighted by molar-refractivity contribution is 7.17. The predicted molar refractivity (Wildman–Crippen MR) is 115 cm³/mol. The monoisotopic (exact) mass is 439 g/mol. The zero-order valence-electron chi connectivity index (χ0n) is 17.3. The third kappa shape index (κ3) is 4.32. The second kappa shape index (κ2) is 8.50. The summed E-state index contributed by atoms with van der Waals surface area (Å²) in [6.45, 7) is 4.69. The van der Waals surface area contributed by atoms with Crippen LogP contribution in [0.3, 0.4) is 0 Å². The number of benzene rings is 1. The van der Waals surface area contributed by atoms with Gasteiger partial charge in [0.1, 0.15) is 21.5 Å². The minimum absolute atomic E-state index is 0.0110. The van der Waals surface area contributed by atoms with Crippen LogP contribution in [0.1, 0.15) is 56.0 Å². The molecule has 1 saturated heterocycles.